The van der Waals surface area contributed by atoms with Crippen molar-refractivity contribution in [3.8, 4) is 0 Å². The lowest BCUT2D eigenvalue weighted by atomic mass is 9.96. The van der Waals surface area contributed by atoms with Gasteiger partial charge in [-0.1, -0.05) is 32.0 Å². The summed E-state index contributed by atoms with van der Waals surface area (Å²) in [6.07, 6.45) is 2.48. The van der Waals surface area contributed by atoms with Gasteiger partial charge < -0.3 is 10.2 Å². The van der Waals surface area contributed by atoms with Crippen LogP contribution in [-0.2, 0) is 9.59 Å². The third kappa shape index (κ3) is 3.18. The fraction of sp³-hybridized carbons (Fsp3) is 0.500. The van der Waals surface area contributed by atoms with E-state index in [1.54, 1.807) is 6.92 Å². The molecule has 108 valence electrons. The lowest BCUT2D eigenvalue weighted by molar-refractivity contribution is -0.124. The first kappa shape index (κ1) is 14.6. The van der Waals surface area contributed by atoms with Gasteiger partial charge in [-0.25, -0.2) is 0 Å². The molecule has 0 saturated carbocycles. The number of amides is 2. The van der Waals surface area contributed by atoms with Gasteiger partial charge in [-0.05, 0) is 30.4 Å². The Labute approximate surface area is 120 Å². The van der Waals surface area contributed by atoms with Crippen molar-refractivity contribution in [2.45, 2.75) is 39.0 Å². The number of fused-ring (bicyclic) bond motifs is 1. The maximum Gasteiger partial charge on any atom is 0.246 e. The molecule has 0 saturated heterocycles. The molecule has 2 amide bonds. The molecule has 2 rings (SSSR count). The van der Waals surface area contributed by atoms with Crippen molar-refractivity contribution in [2.24, 2.45) is 0 Å². The summed E-state index contributed by atoms with van der Waals surface area (Å²) in [6.45, 7) is 4.78. The number of benzene rings is 1. The largest absolute Gasteiger partial charge is 0.347 e. The Kier molecular flexibility index (Phi) is 4.77. The van der Waals surface area contributed by atoms with Gasteiger partial charge in [-0.2, -0.15) is 0 Å². The Balaban J connectivity index is 2.17. The third-order valence-corrected chi connectivity index (χ3v) is 3.84. The van der Waals surface area contributed by atoms with Crippen molar-refractivity contribution in [1.29, 1.82) is 0 Å². The Bertz CT molecular complexity index is 499. The molecule has 20 heavy (non-hydrogen) atoms. The molecule has 0 bridgehead atoms. The molecular formula is C16H22N2O2. The van der Waals surface area contributed by atoms with Gasteiger partial charge in [-0.3, -0.25) is 9.59 Å². The molecule has 0 spiro atoms. The first-order valence-electron chi connectivity index (χ1n) is 7.29. The number of rotatable bonds is 3. The second-order valence-corrected chi connectivity index (χ2v) is 5.28. The summed E-state index contributed by atoms with van der Waals surface area (Å²) in [7, 11) is 0. The summed E-state index contributed by atoms with van der Waals surface area (Å²) in [4.78, 5) is 25.4. The van der Waals surface area contributed by atoms with Crippen LogP contribution in [0.25, 0.3) is 0 Å². The van der Waals surface area contributed by atoms with Gasteiger partial charge in [-0.15, -0.1) is 0 Å². The summed E-state index contributed by atoms with van der Waals surface area (Å²) >= 11 is 0. The molecule has 1 N–H and O–H groups in total. The van der Waals surface area contributed by atoms with E-state index in [0.717, 1.165) is 25.1 Å². The minimum atomic E-state index is -0.0881. The molecule has 4 heteroatoms. The predicted molar refractivity (Wildman–Crippen MR) is 79.7 cm³/mol. The maximum absolute atomic E-state index is 12.4. The highest BCUT2D eigenvalue weighted by Gasteiger charge is 2.23. The fourth-order valence-corrected chi connectivity index (χ4v) is 2.64. The maximum atomic E-state index is 12.4. The van der Waals surface area contributed by atoms with Crippen molar-refractivity contribution in [1.82, 2.24) is 5.32 Å². The van der Waals surface area contributed by atoms with Crippen LogP contribution in [-0.4, -0.2) is 24.9 Å². The Morgan fingerprint density at radius 2 is 2.10 bits per heavy atom. The van der Waals surface area contributed by atoms with Gasteiger partial charge in [0.2, 0.25) is 11.8 Å². The average molecular weight is 274 g/mol. The number of nitrogens with one attached hydrogen (secondary N) is 1. The monoisotopic (exact) mass is 274 g/mol. The molecule has 0 aliphatic carbocycles. The highest BCUT2D eigenvalue weighted by molar-refractivity contribution is 5.97. The van der Waals surface area contributed by atoms with Crippen LogP contribution in [0.5, 0.6) is 0 Å². The SMILES string of the molecule is CCC(=O)NCC(=O)N1CCCC(C)c2ccccc21. The van der Waals surface area contributed by atoms with Gasteiger partial charge >= 0.3 is 0 Å². The molecule has 0 radical (unpaired) electrons. The number of nitrogens with zero attached hydrogens (tertiary/aromatic N) is 1. The Hall–Kier alpha value is -1.84. The van der Waals surface area contributed by atoms with Crippen molar-refractivity contribution in [3.05, 3.63) is 29.8 Å². The summed E-state index contributed by atoms with van der Waals surface area (Å²) in [5, 5.41) is 2.66. The topological polar surface area (TPSA) is 49.4 Å². The number of anilines is 1. The Morgan fingerprint density at radius 3 is 2.85 bits per heavy atom. The van der Waals surface area contributed by atoms with Crippen LogP contribution in [0, 0.1) is 0 Å². The van der Waals surface area contributed by atoms with Gasteiger partial charge in [0.15, 0.2) is 0 Å². The highest BCUT2D eigenvalue weighted by Crippen LogP contribution is 2.33. The normalized spacial score (nSPS) is 18.1. The number of hydrogen-bond donors (Lipinski definition) is 1. The van der Waals surface area contributed by atoms with E-state index in [0.29, 0.717) is 12.3 Å². The van der Waals surface area contributed by atoms with Crippen LogP contribution in [0.3, 0.4) is 0 Å². The average Bonchev–Trinajstić information content (AvgIpc) is 2.64. The van der Waals surface area contributed by atoms with Crippen LogP contribution in [0.1, 0.15) is 44.6 Å². The zero-order valence-corrected chi connectivity index (χ0v) is 12.2. The van der Waals surface area contributed by atoms with E-state index in [2.05, 4.69) is 18.3 Å². The van der Waals surface area contributed by atoms with Gasteiger partial charge in [0.25, 0.3) is 0 Å². The smallest absolute Gasteiger partial charge is 0.246 e. The summed E-state index contributed by atoms with van der Waals surface area (Å²) in [5.74, 6) is 0.345. The standard InChI is InChI=1S/C16H22N2O2/c1-3-15(19)17-11-16(20)18-10-6-7-12(2)13-8-4-5-9-14(13)18/h4-5,8-9,12H,3,6-7,10-11H2,1-2H3,(H,17,19). The lowest BCUT2D eigenvalue weighted by Crippen LogP contribution is -2.40. The number of para-hydroxylation sites is 1. The molecule has 0 fully saturated rings. The van der Waals surface area contributed by atoms with Crippen molar-refractivity contribution >= 4 is 17.5 Å². The second kappa shape index (κ2) is 6.55. The molecule has 1 aromatic carbocycles. The quantitative estimate of drug-likeness (QED) is 0.920. The zero-order valence-electron chi connectivity index (χ0n) is 12.2. The number of carbonyl (C=O) groups excluding carboxylic acids is 2. The molecule has 1 heterocycles. The van der Waals surface area contributed by atoms with Crippen molar-refractivity contribution in [2.75, 3.05) is 18.0 Å². The number of carbonyl (C=O) groups is 2. The second-order valence-electron chi connectivity index (χ2n) is 5.28. The molecular weight excluding hydrogens is 252 g/mol. The number of hydrogen-bond acceptors (Lipinski definition) is 2. The van der Waals surface area contributed by atoms with Crippen LogP contribution in [0.2, 0.25) is 0 Å². The van der Waals surface area contributed by atoms with E-state index >= 15 is 0 Å². The fourth-order valence-electron chi connectivity index (χ4n) is 2.64. The van der Waals surface area contributed by atoms with E-state index in [-0.39, 0.29) is 18.4 Å². The molecule has 1 aromatic rings. The molecule has 1 atom stereocenters. The van der Waals surface area contributed by atoms with Gasteiger partial charge in [0, 0.05) is 18.7 Å². The molecule has 1 aliphatic rings. The van der Waals surface area contributed by atoms with E-state index < -0.39 is 0 Å². The minimum Gasteiger partial charge on any atom is -0.347 e. The summed E-state index contributed by atoms with van der Waals surface area (Å²) < 4.78 is 0. The van der Waals surface area contributed by atoms with Crippen LogP contribution in [0.4, 0.5) is 5.69 Å². The molecule has 1 unspecified atom stereocenters. The predicted octanol–water partition coefficient (Wildman–Crippen LogP) is 2.44. The molecule has 4 nitrogen and oxygen atoms in total. The lowest BCUT2D eigenvalue weighted by Gasteiger charge is -2.23. The van der Waals surface area contributed by atoms with Gasteiger partial charge in [0.1, 0.15) is 0 Å². The third-order valence-electron chi connectivity index (χ3n) is 3.84. The molecule has 1 aliphatic heterocycles. The van der Waals surface area contributed by atoms with E-state index in [1.165, 1.54) is 5.56 Å². The van der Waals surface area contributed by atoms with Gasteiger partial charge in [0.05, 0.1) is 6.54 Å². The van der Waals surface area contributed by atoms with Crippen molar-refractivity contribution < 1.29 is 9.59 Å². The van der Waals surface area contributed by atoms with Crippen LogP contribution in [0.15, 0.2) is 24.3 Å². The van der Waals surface area contributed by atoms with E-state index in [4.69, 9.17) is 0 Å². The molecule has 0 aromatic heterocycles. The Morgan fingerprint density at radius 1 is 1.35 bits per heavy atom. The van der Waals surface area contributed by atoms with Crippen LogP contribution >= 0.6 is 0 Å². The van der Waals surface area contributed by atoms with E-state index in [1.807, 2.05) is 23.1 Å². The minimum absolute atomic E-state index is 0.0339. The summed E-state index contributed by atoms with van der Waals surface area (Å²) in [5.41, 5.74) is 2.22. The highest BCUT2D eigenvalue weighted by atomic mass is 16.2. The summed E-state index contributed by atoms with van der Waals surface area (Å²) in [6, 6.07) is 8.07. The first-order valence-corrected chi connectivity index (χ1v) is 7.29. The van der Waals surface area contributed by atoms with Crippen molar-refractivity contribution in [3.63, 3.8) is 0 Å². The van der Waals surface area contributed by atoms with E-state index in [9.17, 15) is 9.59 Å². The van der Waals surface area contributed by atoms with Crippen LogP contribution < -0.4 is 10.2 Å². The first-order chi connectivity index (χ1) is 9.63. The zero-order chi connectivity index (χ0) is 14.5.